The highest BCUT2D eigenvalue weighted by atomic mass is 16.7. The molecule has 0 radical (unpaired) electrons. The molecule has 0 amide bonds. The predicted octanol–water partition coefficient (Wildman–Crippen LogP) is 4.64. The van der Waals surface area contributed by atoms with Crippen molar-refractivity contribution in [3.05, 3.63) is 11.6 Å². The van der Waals surface area contributed by atoms with Gasteiger partial charge in [-0.1, -0.05) is 46.3 Å². The zero-order valence-corrected chi connectivity index (χ0v) is 24.2. The quantitative estimate of drug-likeness (QED) is 0.469. The third-order valence-corrected chi connectivity index (χ3v) is 12.5. The maximum Gasteiger partial charge on any atom is 0.160 e. The molecule has 37 heavy (non-hydrogen) atoms. The summed E-state index contributed by atoms with van der Waals surface area (Å²) in [5, 5.41) is 33.1. The van der Waals surface area contributed by atoms with Gasteiger partial charge in [0.25, 0.3) is 0 Å². The summed E-state index contributed by atoms with van der Waals surface area (Å²) in [6.07, 6.45) is 5.90. The van der Waals surface area contributed by atoms with Crippen LogP contribution in [0.2, 0.25) is 0 Å². The Labute approximate surface area is 223 Å². The number of carbonyl (C=O) groups excluding carboxylic acids is 1. The SMILES string of the molecule is COC1OC(C(O)C(C)(C)O)CC1C1CC=C2C1(C)CCC1C3(C)CCC(=O)C(C)(C)C3CC(O)C21C. The smallest absolute Gasteiger partial charge is 0.160 e. The molecule has 0 aromatic heterocycles. The molecule has 0 aromatic carbocycles. The Bertz CT molecular complexity index is 965. The molecular formula is C31H50O6. The number of allylic oxidation sites excluding steroid dienone is 1. The molecule has 1 aliphatic heterocycles. The lowest BCUT2D eigenvalue weighted by atomic mass is 9.37. The maximum atomic E-state index is 12.9. The Hall–Kier alpha value is -0.790. The van der Waals surface area contributed by atoms with Crippen molar-refractivity contribution in [3.8, 4) is 0 Å². The number of ketones is 1. The number of Topliss-reactive ketones (excluding diaryl/α,β-unsaturated/α-hetero) is 1. The van der Waals surface area contributed by atoms with Crippen molar-refractivity contribution >= 4 is 5.78 Å². The molecule has 0 spiro atoms. The fourth-order valence-electron chi connectivity index (χ4n) is 10.4. The summed E-state index contributed by atoms with van der Waals surface area (Å²) in [6, 6.07) is 0. The molecule has 6 heteroatoms. The first-order valence-electron chi connectivity index (χ1n) is 14.5. The number of aliphatic hydroxyl groups excluding tert-OH is 2. The molecule has 210 valence electrons. The van der Waals surface area contributed by atoms with Crippen LogP contribution < -0.4 is 0 Å². The second-order valence-electron chi connectivity index (χ2n) is 15.0. The molecule has 5 aliphatic rings. The number of methoxy groups -OCH3 is 1. The van der Waals surface area contributed by atoms with E-state index in [9.17, 15) is 20.1 Å². The van der Waals surface area contributed by atoms with Crippen LogP contribution in [0.4, 0.5) is 0 Å². The molecule has 4 fully saturated rings. The van der Waals surface area contributed by atoms with Gasteiger partial charge in [0.1, 0.15) is 11.9 Å². The van der Waals surface area contributed by atoms with Gasteiger partial charge in [0.2, 0.25) is 0 Å². The summed E-state index contributed by atoms with van der Waals surface area (Å²) in [7, 11) is 1.67. The number of hydrogen-bond acceptors (Lipinski definition) is 6. The maximum absolute atomic E-state index is 12.9. The van der Waals surface area contributed by atoms with Crippen LogP contribution in [0.25, 0.3) is 0 Å². The number of aliphatic hydroxyl groups is 3. The lowest BCUT2D eigenvalue weighted by Gasteiger charge is -2.67. The molecule has 11 atom stereocenters. The lowest BCUT2D eigenvalue weighted by Crippen LogP contribution is -2.65. The van der Waals surface area contributed by atoms with Gasteiger partial charge in [-0.25, -0.2) is 0 Å². The third kappa shape index (κ3) is 3.72. The summed E-state index contributed by atoms with van der Waals surface area (Å²) in [6.45, 7) is 14.5. The van der Waals surface area contributed by atoms with E-state index < -0.39 is 35.6 Å². The average molecular weight is 519 g/mol. The van der Waals surface area contributed by atoms with Crippen LogP contribution in [-0.4, -0.2) is 58.4 Å². The number of carbonyl (C=O) groups is 1. The van der Waals surface area contributed by atoms with E-state index in [2.05, 4.69) is 40.7 Å². The van der Waals surface area contributed by atoms with Gasteiger partial charge in [0.15, 0.2) is 6.29 Å². The first-order valence-corrected chi connectivity index (χ1v) is 14.5. The van der Waals surface area contributed by atoms with Gasteiger partial charge in [0.05, 0.1) is 17.8 Å². The summed E-state index contributed by atoms with van der Waals surface area (Å²) in [5.41, 5.74) is -0.638. The summed E-state index contributed by atoms with van der Waals surface area (Å²) in [4.78, 5) is 12.9. The summed E-state index contributed by atoms with van der Waals surface area (Å²) >= 11 is 0. The van der Waals surface area contributed by atoms with E-state index in [0.29, 0.717) is 31.0 Å². The van der Waals surface area contributed by atoms with Crippen molar-refractivity contribution in [2.45, 2.75) is 124 Å². The fourth-order valence-corrected chi connectivity index (χ4v) is 10.4. The van der Waals surface area contributed by atoms with Gasteiger partial charge in [-0.3, -0.25) is 4.79 Å². The zero-order chi connectivity index (χ0) is 27.3. The monoisotopic (exact) mass is 518 g/mol. The molecule has 1 heterocycles. The molecule has 0 aromatic rings. The van der Waals surface area contributed by atoms with E-state index in [0.717, 1.165) is 25.7 Å². The van der Waals surface area contributed by atoms with Gasteiger partial charge in [-0.05, 0) is 81.0 Å². The molecule has 4 aliphatic carbocycles. The fraction of sp³-hybridized carbons (Fsp3) is 0.903. The van der Waals surface area contributed by atoms with E-state index in [1.807, 2.05) is 0 Å². The first kappa shape index (κ1) is 27.8. The Balaban J connectivity index is 1.46. The molecule has 1 saturated heterocycles. The second kappa shape index (κ2) is 8.60. The van der Waals surface area contributed by atoms with Crippen molar-refractivity contribution in [1.82, 2.24) is 0 Å². The van der Waals surface area contributed by atoms with Gasteiger partial charge in [-0.15, -0.1) is 0 Å². The van der Waals surface area contributed by atoms with Crippen LogP contribution in [0.15, 0.2) is 11.6 Å². The van der Waals surface area contributed by atoms with Gasteiger partial charge in [0, 0.05) is 30.3 Å². The topological polar surface area (TPSA) is 96.2 Å². The van der Waals surface area contributed by atoms with Crippen LogP contribution in [0.5, 0.6) is 0 Å². The van der Waals surface area contributed by atoms with Gasteiger partial charge >= 0.3 is 0 Å². The Morgan fingerprint density at radius 1 is 1.11 bits per heavy atom. The Morgan fingerprint density at radius 3 is 2.41 bits per heavy atom. The van der Waals surface area contributed by atoms with E-state index in [1.54, 1.807) is 21.0 Å². The molecule has 3 saturated carbocycles. The highest BCUT2D eigenvalue weighted by molar-refractivity contribution is 5.85. The number of ether oxygens (including phenoxy) is 2. The standard InChI is InChI=1S/C31H50O6/c1-27(2)22-16-24(33)31(7)20-10-9-18(17-15-19(37-26(17)36-8)25(34)28(3,4)35)29(20,5)13-11-21(31)30(22,6)14-12-23(27)32/h10,17-19,21-22,24-26,33-35H,9,11-16H2,1-8H3. The minimum atomic E-state index is -1.25. The highest BCUT2D eigenvalue weighted by Gasteiger charge is 2.69. The van der Waals surface area contributed by atoms with E-state index in [4.69, 9.17) is 9.47 Å². The van der Waals surface area contributed by atoms with Crippen molar-refractivity contribution < 1.29 is 29.6 Å². The third-order valence-electron chi connectivity index (χ3n) is 12.5. The first-order chi connectivity index (χ1) is 17.0. The summed E-state index contributed by atoms with van der Waals surface area (Å²) < 4.78 is 12.0. The Morgan fingerprint density at radius 2 is 1.78 bits per heavy atom. The molecule has 6 nitrogen and oxygen atoms in total. The number of hydrogen-bond donors (Lipinski definition) is 3. The van der Waals surface area contributed by atoms with E-state index in [-0.39, 0.29) is 34.0 Å². The number of rotatable bonds is 4. The van der Waals surface area contributed by atoms with Crippen LogP contribution in [0.3, 0.4) is 0 Å². The minimum Gasteiger partial charge on any atom is -0.392 e. The molecule has 3 N–H and O–H groups in total. The largest absolute Gasteiger partial charge is 0.392 e. The van der Waals surface area contributed by atoms with Gasteiger partial charge < -0.3 is 24.8 Å². The lowest BCUT2D eigenvalue weighted by molar-refractivity contribution is -0.196. The Kier molecular flexibility index (Phi) is 6.46. The zero-order valence-electron chi connectivity index (χ0n) is 24.2. The van der Waals surface area contributed by atoms with Crippen LogP contribution in [0, 0.1) is 45.3 Å². The van der Waals surface area contributed by atoms with Crippen molar-refractivity contribution in [2.75, 3.05) is 7.11 Å². The molecular weight excluding hydrogens is 468 g/mol. The predicted molar refractivity (Wildman–Crippen MR) is 141 cm³/mol. The molecule has 11 unspecified atom stereocenters. The summed E-state index contributed by atoms with van der Waals surface area (Å²) in [5.74, 6) is 1.26. The minimum absolute atomic E-state index is 0.0269. The second-order valence-corrected chi connectivity index (χ2v) is 15.0. The van der Waals surface area contributed by atoms with E-state index >= 15 is 0 Å². The highest BCUT2D eigenvalue weighted by Crippen LogP contribution is 2.73. The van der Waals surface area contributed by atoms with Crippen LogP contribution >= 0.6 is 0 Å². The normalized spacial score (nSPS) is 50.2. The van der Waals surface area contributed by atoms with E-state index in [1.165, 1.54) is 5.57 Å². The number of fused-ring (bicyclic) bond motifs is 5. The van der Waals surface area contributed by atoms with Gasteiger partial charge in [-0.2, -0.15) is 0 Å². The van der Waals surface area contributed by atoms with Crippen molar-refractivity contribution in [2.24, 2.45) is 45.3 Å². The van der Waals surface area contributed by atoms with Crippen molar-refractivity contribution in [3.63, 3.8) is 0 Å². The average Bonchev–Trinajstić information content (AvgIpc) is 3.38. The molecule has 5 rings (SSSR count). The van der Waals surface area contributed by atoms with Crippen LogP contribution in [-0.2, 0) is 14.3 Å². The van der Waals surface area contributed by atoms with Crippen LogP contribution in [0.1, 0.15) is 93.4 Å². The van der Waals surface area contributed by atoms with Crippen molar-refractivity contribution in [1.29, 1.82) is 0 Å². The molecule has 0 bridgehead atoms.